The molecule has 0 aromatic heterocycles. The summed E-state index contributed by atoms with van der Waals surface area (Å²) in [6.07, 6.45) is 0.679. The van der Waals surface area contributed by atoms with Crippen LogP contribution in [0.25, 0.3) is 0 Å². The van der Waals surface area contributed by atoms with E-state index in [9.17, 15) is 8.42 Å². The fourth-order valence-corrected chi connectivity index (χ4v) is 4.13. The fourth-order valence-electron chi connectivity index (χ4n) is 2.54. The number of rotatable bonds is 4. The molecular formula is C16H17NO3S. The van der Waals surface area contributed by atoms with E-state index in [1.165, 1.54) is 4.47 Å². The topological polar surface area (TPSA) is 46.6 Å². The molecule has 0 spiro atoms. The lowest BCUT2D eigenvalue weighted by atomic mass is 10.1. The van der Waals surface area contributed by atoms with Crippen LogP contribution >= 0.6 is 0 Å². The summed E-state index contributed by atoms with van der Waals surface area (Å²) in [4.78, 5) is 5.40. The van der Waals surface area contributed by atoms with Crippen molar-refractivity contribution in [2.75, 3.05) is 6.61 Å². The van der Waals surface area contributed by atoms with Crippen LogP contribution in [0.2, 0.25) is 0 Å². The van der Waals surface area contributed by atoms with E-state index >= 15 is 0 Å². The van der Waals surface area contributed by atoms with Gasteiger partial charge in [-0.25, -0.2) is 8.42 Å². The van der Waals surface area contributed by atoms with E-state index in [0.29, 0.717) is 13.0 Å². The Morgan fingerprint density at radius 1 is 1.00 bits per heavy atom. The standard InChI is InChI=1S/C16H17NO3S/c18-21(19,13-14-7-3-1-4-8-14)17-16(11-12-20-17)15-9-5-2-6-10-15/h1-10,16H,11-13H2/t16-/m0/s1. The van der Waals surface area contributed by atoms with E-state index in [4.69, 9.17) is 4.84 Å². The molecule has 0 N–H and O–H groups in total. The van der Waals surface area contributed by atoms with Crippen molar-refractivity contribution in [2.45, 2.75) is 18.2 Å². The average Bonchev–Trinajstić information content (AvgIpc) is 2.99. The first-order valence-electron chi connectivity index (χ1n) is 6.91. The van der Waals surface area contributed by atoms with Crippen molar-refractivity contribution in [1.29, 1.82) is 0 Å². The molecule has 1 aliphatic rings. The average molecular weight is 303 g/mol. The Labute approximate surface area is 125 Å². The minimum Gasteiger partial charge on any atom is -0.284 e. The molecule has 0 bridgehead atoms. The number of nitrogens with zero attached hydrogens (tertiary/aromatic N) is 1. The Morgan fingerprint density at radius 3 is 2.29 bits per heavy atom. The quantitative estimate of drug-likeness (QED) is 0.872. The van der Waals surface area contributed by atoms with Gasteiger partial charge in [0.05, 0.1) is 18.4 Å². The Kier molecular flexibility index (Phi) is 4.05. The summed E-state index contributed by atoms with van der Waals surface area (Å²) < 4.78 is 26.3. The third kappa shape index (κ3) is 3.15. The van der Waals surface area contributed by atoms with Gasteiger partial charge in [0, 0.05) is 0 Å². The highest BCUT2D eigenvalue weighted by molar-refractivity contribution is 7.88. The van der Waals surface area contributed by atoms with Gasteiger partial charge in [0.25, 0.3) is 0 Å². The molecule has 3 rings (SSSR count). The number of benzene rings is 2. The second-order valence-electron chi connectivity index (χ2n) is 5.05. The SMILES string of the molecule is O=S(=O)(Cc1ccccc1)N1OCC[C@H]1c1ccccc1. The van der Waals surface area contributed by atoms with E-state index in [-0.39, 0.29) is 11.8 Å². The Balaban J connectivity index is 1.84. The zero-order chi connectivity index (χ0) is 14.7. The van der Waals surface area contributed by atoms with Crippen LogP contribution in [0, 0.1) is 0 Å². The second-order valence-corrected chi connectivity index (χ2v) is 6.86. The molecule has 1 fully saturated rings. The van der Waals surface area contributed by atoms with Crippen LogP contribution < -0.4 is 0 Å². The maximum Gasteiger partial charge on any atom is 0.240 e. The molecule has 0 amide bonds. The first-order valence-corrected chi connectivity index (χ1v) is 8.52. The Bertz CT molecular complexity index is 686. The normalized spacial score (nSPS) is 19.7. The van der Waals surface area contributed by atoms with E-state index < -0.39 is 10.0 Å². The van der Waals surface area contributed by atoms with E-state index in [0.717, 1.165) is 11.1 Å². The number of hydrogen-bond donors (Lipinski definition) is 0. The van der Waals surface area contributed by atoms with Crippen LogP contribution in [-0.2, 0) is 20.6 Å². The first kappa shape index (κ1) is 14.3. The third-order valence-corrected chi connectivity index (χ3v) is 5.12. The highest BCUT2D eigenvalue weighted by Crippen LogP contribution is 2.33. The van der Waals surface area contributed by atoms with Gasteiger partial charge >= 0.3 is 0 Å². The smallest absolute Gasteiger partial charge is 0.240 e. The van der Waals surface area contributed by atoms with Crippen LogP contribution in [0.5, 0.6) is 0 Å². The summed E-state index contributed by atoms with van der Waals surface area (Å²) in [7, 11) is -3.50. The molecule has 1 heterocycles. The highest BCUT2D eigenvalue weighted by atomic mass is 32.2. The number of sulfonamides is 1. The van der Waals surface area contributed by atoms with Gasteiger partial charge in [-0.15, -0.1) is 0 Å². The molecule has 2 aromatic rings. The number of hydroxylamine groups is 1. The van der Waals surface area contributed by atoms with Crippen molar-refractivity contribution in [3.8, 4) is 0 Å². The Hall–Kier alpha value is -1.69. The van der Waals surface area contributed by atoms with Gasteiger partial charge in [-0.2, -0.15) is 0 Å². The third-order valence-electron chi connectivity index (χ3n) is 3.51. The molecule has 4 nitrogen and oxygen atoms in total. The molecule has 5 heteroatoms. The second kappa shape index (κ2) is 5.97. The van der Waals surface area contributed by atoms with Gasteiger partial charge in [0.2, 0.25) is 10.0 Å². The van der Waals surface area contributed by atoms with E-state index in [2.05, 4.69) is 0 Å². The summed E-state index contributed by atoms with van der Waals surface area (Å²) in [6.45, 7) is 0.424. The molecule has 0 radical (unpaired) electrons. The summed E-state index contributed by atoms with van der Waals surface area (Å²) >= 11 is 0. The van der Waals surface area contributed by atoms with Crippen molar-refractivity contribution in [3.63, 3.8) is 0 Å². The summed E-state index contributed by atoms with van der Waals surface area (Å²) in [5.74, 6) is -0.0445. The maximum absolute atomic E-state index is 12.6. The van der Waals surface area contributed by atoms with Crippen molar-refractivity contribution in [3.05, 3.63) is 71.8 Å². The molecular weight excluding hydrogens is 286 g/mol. The van der Waals surface area contributed by atoms with Gasteiger partial charge < -0.3 is 0 Å². The highest BCUT2D eigenvalue weighted by Gasteiger charge is 2.36. The monoisotopic (exact) mass is 303 g/mol. The molecule has 0 aliphatic carbocycles. The molecule has 1 aliphatic heterocycles. The minimum atomic E-state index is -3.50. The van der Waals surface area contributed by atoms with Gasteiger partial charge in [0.15, 0.2) is 0 Å². The molecule has 1 atom stereocenters. The zero-order valence-electron chi connectivity index (χ0n) is 11.6. The van der Waals surface area contributed by atoms with Crippen molar-refractivity contribution >= 4 is 10.0 Å². The predicted octanol–water partition coefficient (Wildman–Crippen LogP) is 2.90. The lowest BCUT2D eigenvalue weighted by Crippen LogP contribution is -2.30. The minimum absolute atomic E-state index is 0.0445. The molecule has 1 saturated heterocycles. The lowest BCUT2D eigenvalue weighted by molar-refractivity contribution is -0.0501. The van der Waals surface area contributed by atoms with E-state index in [1.807, 2.05) is 60.7 Å². The van der Waals surface area contributed by atoms with Gasteiger partial charge in [-0.3, -0.25) is 4.84 Å². The predicted molar refractivity (Wildman–Crippen MR) is 80.7 cm³/mol. The molecule has 21 heavy (non-hydrogen) atoms. The fraction of sp³-hybridized carbons (Fsp3) is 0.250. The molecule has 110 valence electrons. The summed E-state index contributed by atoms with van der Waals surface area (Å²) in [5, 5.41) is 0. The van der Waals surface area contributed by atoms with Crippen molar-refractivity contribution < 1.29 is 13.3 Å². The summed E-state index contributed by atoms with van der Waals surface area (Å²) in [6, 6.07) is 18.5. The van der Waals surface area contributed by atoms with Gasteiger partial charge in [-0.1, -0.05) is 65.1 Å². The Morgan fingerprint density at radius 2 is 1.62 bits per heavy atom. The van der Waals surface area contributed by atoms with Crippen LogP contribution in [0.4, 0.5) is 0 Å². The largest absolute Gasteiger partial charge is 0.284 e. The van der Waals surface area contributed by atoms with Crippen molar-refractivity contribution in [2.24, 2.45) is 0 Å². The van der Waals surface area contributed by atoms with Crippen LogP contribution in [-0.4, -0.2) is 19.5 Å². The van der Waals surface area contributed by atoms with Gasteiger partial charge in [-0.05, 0) is 17.5 Å². The van der Waals surface area contributed by atoms with E-state index in [1.54, 1.807) is 0 Å². The van der Waals surface area contributed by atoms with Crippen LogP contribution in [0.15, 0.2) is 60.7 Å². The first-order chi connectivity index (χ1) is 10.2. The molecule has 0 unspecified atom stereocenters. The summed E-state index contributed by atoms with van der Waals surface area (Å²) in [5.41, 5.74) is 1.73. The molecule has 0 saturated carbocycles. The van der Waals surface area contributed by atoms with Crippen LogP contribution in [0.1, 0.15) is 23.6 Å². The zero-order valence-corrected chi connectivity index (χ0v) is 12.4. The van der Waals surface area contributed by atoms with Crippen LogP contribution in [0.3, 0.4) is 0 Å². The van der Waals surface area contributed by atoms with Gasteiger partial charge in [0.1, 0.15) is 0 Å². The lowest BCUT2D eigenvalue weighted by Gasteiger charge is -2.22. The number of hydrogen-bond acceptors (Lipinski definition) is 3. The van der Waals surface area contributed by atoms with Crippen molar-refractivity contribution in [1.82, 2.24) is 4.47 Å². The molecule has 2 aromatic carbocycles. The maximum atomic E-state index is 12.6.